The molecule has 0 spiro atoms. The summed E-state index contributed by atoms with van der Waals surface area (Å²) in [5.41, 5.74) is 0.381. The van der Waals surface area contributed by atoms with Gasteiger partial charge in [0.15, 0.2) is 9.84 Å². The molecule has 2 N–H and O–H groups in total. The van der Waals surface area contributed by atoms with E-state index in [0.717, 1.165) is 0 Å². The van der Waals surface area contributed by atoms with Crippen LogP contribution in [0.1, 0.15) is 51.0 Å². The maximum absolute atomic E-state index is 13.4. The zero-order valence-electron chi connectivity index (χ0n) is 20.2. The predicted octanol–water partition coefficient (Wildman–Crippen LogP) is 3.04. The third-order valence-electron chi connectivity index (χ3n) is 6.10. The van der Waals surface area contributed by atoms with Gasteiger partial charge in [-0.3, -0.25) is 14.5 Å². The number of pyridine rings is 1. The van der Waals surface area contributed by atoms with Gasteiger partial charge in [-0.1, -0.05) is 12.1 Å². The van der Waals surface area contributed by atoms with E-state index in [9.17, 15) is 22.7 Å². The zero-order valence-corrected chi connectivity index (χ0v) is 21.1. The van der Waals surface area contributed by atoms with Gasteiger partial charge in [0.25, 0.3) is 5.91 Å². The largest absolute Gasteiger partial charge is 0.461 e. The van der Waals surface area contributed by atoms with E-state index in [2.05, 4.69) is 10.3 Å². The van der Waals surface area contributed by atoms with E-state index in [-0.39, 0.29) is 17.1 Å². The number of nitrogens with zero attached hydrogens (tertiary/aromatic N) is 3. The fourth-order valence-electron chi connectivity index (χ4n) is 4.18. The fraction of sp³-hybridized carbons (Fsp3) is 0.458. The lowest BCUT2D eigenvalue weighted by atomic mass is 10.0. The molecule has 1 aliphatic rings. The van der Waals surface area contributed by atoms with Gasteiger partial charge in [0, 0.05) is 18.7 Å². The van der Waals surface area contributed by atoms with Crippen LogP contribution in [0.3, 0.4) is 0 Å². The second-order valence-electron chi connectivity index (χ2n) is 9.95. The SMILES string of the molecule is CC(F)Oc1cccc(-c2nn([C@@H](C)C(C)(C)O)c3cc(C(=O)NC4(C)CS(=O)(=O)C4)cnc23)c1. The monoisotopic (exact) mass is 504 g/mol. The standard InChI is InChI=1S/C24H29FN4O5S/c1-14(23(3,4)31)29-19-10-17(22(30)27-24(5)12-35(32,33)13-24)11-26-21(19)20(28-29)16-7-6-8-18(9-16)34-15(2)25/h6-11,14-15,31H,12-13H2,1-5H3,(H,27,30)/t14-,15?/m0/s1. The van der Waals surface area contributed by atoms with Crippen LogP contribution in [0, 0.1) is 0 Å². The van der Waals surface area contributed by atoms with Crippen molar-refractivity contribution in [3.05, 3.63) is 42.1 Å². The molecule has 4 rings (SSSR count). The van der Waals surface area contributed by atoms with Gasteiger partial charge in [-0.15, -0.1) is 0 Å². The van der Waals surface area contributed by atoms with Gasteiger partial charge in [-0.25, -0.2) is 12.8 Å². The third kappa shape index (κ3) is 5.15. The number of ether oxygens (including phenoxy) is 1. The van der Waals surface area contributed by atoms with Crippen molar-refractivity contribution >= 4 is 26.8 Å². The van der Waals surface area contributed by atoms with Crippen LogP contribution in [0.4, 0.5) is 4.39 Å². The topological polar surface area (TPSA) is 123 Å². The smallest absolute Gasteiger partial charge is 0.253 e. The highest BCUT2D eigenvalue weighted by molar-refractivity contribution is 7.93. The fourth-order valence-corrected chi connectivity index (χ4v) is 6.18. The number of hydrogen-bond acceptors (Lipinski definition) is 7. The summed E-state index contributed by atoms with van der Waals surface area (Å²) in [4.78, 5) is 17.4. The summed E-state index contributed by atoms with van der Waals surface area (Å²) in [7, 11) is -3.13. The maximum atomic E-state index is 13.4. The molecule has 1 saturated heterocycles. The summed E-state index contributed by atoms with van der Waals surface area (Å²) in [6.07, 6.45) is -0.0795. The normalized spacial score (nSPS) is 18.5. The van der Waals surface area contributed by atoms with Gasteiger partial charge < -0.3 is 15.2 Å². The minimum atomic E-state index is -3.13. The van der Waals surface area contributed by atoms with Crippen LogP contribution in [-0.4, -0.2) is 63.2 Å². The lowest BCUT2D eigenvalue weighted by Crippen LogP contribution is -2.63. The first-order valence-electron chi connectivity index (χ1n) is 11.2. The number of hydrogen-bond donors (Lipinski definition) is 2. The molecule has 3 aromatic rings. The number of fused-ring (bicyclic) bond motifs is 1. The Morgan fingerprint density at radius 1 is 1.29 bits per heavy atom. The van der Waals surface area contributed by atoms with Crippen LogP contribution in [0.25, 0.3) is 22.3 Å². The summed E-state index contributed by atoms with van der Waals surface area (Å²) in [6, 6.07) is 7.92. The molecule has 0 saturated carbocycles. The van der Waals surface area contributed by atoms with Crippen LogP contribution in [0.15, 0.2) is 36.5 Å². The highest BCUT2D eigenvalue weighted by Crippen LogP contribution is 2.34. The van der Waals surface area contributed by atoms with Crippen LogP contribution >= 0.6 is 0 Å². The van der Waals surface area contributed by atoms with E-state index in [1.807, 2.05) is 0 Å². The molecule has 0 radical (unpaired) electrons. The van der Waals surface area contributed by atoms with E-state index >= 15 is 0 Å². The number of aromatic nitrogens is 3. The van der Waals surface area contributed by atoms with Gasteiger partial charge in [0.05, 0.1) is 39.8 Å². The Hall–Kier alpha value is -3.05. The van der Waals surface area contributed by atoms with Gasteiger partial charge in [-0.05, 0) is 45.9 Å². The molecule has 0 bridgehead atoms. The van der Waals surface area contributed by atoms with Crippen molar-refractivity contribution in [3.8, 4) is 17.0 Å². The number of carbonyl (C=O) groups excluding carboxylic acids is 1. The van der Waals surface area contributed by atoms with Gasteiger partial charge in [0.1, 0.15) is 17.0 Å². The Kier molecular flexibility index (Phi) is 6.13. The first kappa shape index (κ1) is 25.1. The molecule has 188 valence electrons. The van der Waals surface area contributed by atoms with Crippen LogP contribution in [0.2, 0.25) is 0 Å². The number of aliphatic hydroxyl groups is 1. The van der Waals surface area contributed by atoms with E-state index in [1.54, 1.807) is 62.7 Å². The number of benzene rings is 1. The second-order valence-corrected chi connectivity index (χ2v) is 12.0. The molecule has 0 aliphatic carbocycles. The molecule has 11 heteroatoms. The molecule has 1 fully saturated rings. The Morgan fingerprint density at radius 2 is 1.97 bits per heavy atom. The molecule has 1 unspecified atom stereocenters. The predicted molar refractivity (Wildman–Crippen MR) is 130 cm³/mol. The summed E-state index contributed by atoms with van der Waals surface area (Å²) in [6.45, 7) is 8.08. The van der Waals surface area contributed by atoms with Crippen molar-refractivity contribution in [2.75, 3.05) is 11.5 Å². The van der Waals surface area contributed by atoms with Gasteiger partial charge in [0.2, 0.25) is 6.36 Å². The zero-order chi connectivity index (χ0) is 25.8. The highest BCUT2D eigenvalue weighted by Gasteiger charge is 2.45. The van der Waals surface area contributed by atoms with Crippen molar-refractivity contribution in [1.82, 2.24) is 20.1 Å². The lowest BCUT2D eigenvalue weighted by molar-refractivity contribution is 0.0276. The van der Waals surface area contributed by atoms with Gasteiger partial charge in [-0.2, -0.15) is 5.10 Å². The molecule has 1 amide bonds. The quantitative estimate of drug-likeness (QED) is 0.507. The minimum Gasteiger partial charge on any atom is -0.461 e. The molecule has 1 aliphatic heterocycles. The highest BCUT2D eigenvalue weighted by atomic mass is 32.2. The third-order valence-corrected chi connectivity index (χ3v) is 8.25. The van der Waals surface area contributed by atoms with Crippen molar-refractivity contribution < 1.29 is 27.4 Å². The first-order chi connectivity index (χ1) is 16.2. The van der Waals surface area contributed by atoms with Crippen molar-refractivity contribution in [1.29, 1.82) is 0 Å². The molecule has 9 nitrogen and oxygen atoms in total. The van der Waals surface area contributed by atoms with Crippen LogP contribution < -0.4 is 10.1 Å². The summed E-state index contributed by atoms with van der Waals surface area (Å²) >= 11 is 0. The van der Waals surface area contributed by atoms with E-state index in [4.69, 9.17) is 9.84 Å². The molecule has 3 heterocycles. The number of rotatable bonds is 7. The Labute approximate surface area is 203 Å². The number of sulfone groups is 1. The van der Waals surface area contributed by atoms with E-state index < -0.39 is 39.3 Å². The number of amides is 1. The Morgan fingerprint density at radius 3 is 2.57 bits per heavy atom. The van der Waals surface area contributed by atoms with Crippen LogP contribution in [-0.2, 0) is 9.84 Å². The number of alkyl halides is 1. The average Bonchev–Trinajstić information content (AvgIpc) is 3.09. The summed E-state index contributed by atoms with van der Waals surface area (Å²) < 4.78 is 43.3. The number of carbonyl (C=O) groups is 1. The first-order valence-corrected chi connectivity index (χ1v) is 13.0. The maximum Gasteiger partial charge on any atom is 0.253 e. The lowest BCUT2D eigenvalue weighted by Gasteiger charge is -2.38. The van der Waals surface area contributed by atoms with Crippen molar-refractivity contribution in [2.24, 2.45) is 0 Å². The van der Waals surface area contributed by atoms with Gasteiger partial charge >= 0.3 is 0 Å². The number of nitrogens with one attached hydrogen (secondary N) is 1. The van der Waals surface area contributed by atoms with Crippen LogP contribution in [0.5, 0.6) is 5.75 Å². The molecule has 1 aromatic carbocycles. The molecular weight excluding hydrogens is 475 g/mol. The molecule has 2 atom stereocenters. The Balaban J connectivity index is 1.78. The van der Waals surface area contributed by atoms with Crippen molar-refractivity contribution in [2.45, 2.75) is 58.2 Å². The van der Waals surface area contributed by atoms with E-state index in [0.29, 0.717) is 28.0 Å². The average molecular weight is 505 g/mol. The molecule has 2 aromatic heterocycles. The second kappa shape index (κ2) is 8.56. The Bertz CT molecular complexity index is 1380. The summed E-state index contributed by atoms with van der Waals surface area (Å²) in [5.74, 6) is -0.352. The van der Waals surface area contributed by atoms with E-state index in [1.165, 1.54) is 13.1 Å². The summed E-state index contributed by atoms with van der Waals surface area (Å²) in [5, 5.41) is 18.1. The molecule has 35 heavy (non-hydrogen) atoms. The number of halogens is 1. The minimum absolute atomic E-state index is 0.116. The van der Waals surface area contributed by atoms with Crippen molar-refractivity contribution in [3.63, 3.8) is 0 Å². The molecular formula is C24H29FN4O5S.